The lowest BCUT2D eigenvalue weighted by molar-refractivity contribution is -0.384. The Balaban J connectivity index is 1.26. The zero-order valence-electron chi connectivity index (χ0n) is 32.1. The van der Waals surface area contributed by atoms with E-state index in [9.17, 15) is 34.1 Å². The SMILES string of the molecule is CCOC(=O)CCC(=O)c1cc2cc(OCCCOc3cc4cc(C(=O)N(C)CCC(=O)OCC)sc4cc3OC)c(OC(=O)Oc3ccc([N+](=O)[O-])cc3)cc2s1. The number of benzene rings is 3. The summed E-state index contributed by atoms with van der Waals surface area (Å²) in [4.78, 5) is 75.2. The second kappa shape index (κ2) is 20.2. The van der Waals surface area contributed by atoms with E-state index in [0.29, 0.717) is 37.8 Å². The van der Waals surface area contributed by atoms with Gasteiger partial charge in [0, 0.05) is 60.1 Å². The number of carbonyl (C=O) groups is 5. The molecule has 5 rings (SSSR count). The summed E-state index contributed by atoms with van der Waals surface area (Å²) in [7, 11) is 3.13. The molecule has 0 unspecified atom stereocenters. The smallest absolute Gasteiger partial charge is 0.493 e. The molecule has 0 aliphatic carbocycles. The molecule has 58 heavy (non-hydrogen) atoms. The van der Waals surface area contributed by atoms with E-state index in [0.717, 1.165) is 21.4 Å². The predicted molar refractivity (Wildman–Crippen MR) is 214 cm³/mol. The highest BCUT2D eigenvalue weighted by atomic mass is 32.1. The van der Waals surface area contributed by atoms with Crippen molar-refractivity contribution in [3.63, 3.8) is 0 Å². The van der Waals surface area contributed by atoms with Gasteiger partial charge in [-0.25, -0.2) is 4.79 Å². The molecule has 3 aromatic carbocycles. The highest BCUT2D eigenvalue weighted by molar-refractivity contribution is 7.21. The van der Waals surface area contributed by atoms with Crippen LogP contribution >= 0.6 is 22.7 Å². The molecule has 0 atom stereocenters. The lowest BCUT2D eigenvalue weighted by Gasteiger charge is -2.15. The number of fused-ring (bicyclic) bond motifs is 2. The van der Waals surface area contributed by atoms with Crippen molar-refractivity contribution in [1.29, 1.82) is 0 Å². The van der Waals surface area contributed by atoms with Crippen LogP contribution in [0.1, 0.15) is 58.9 Å². The number of esters is 2. The zero-order valence-corrected chi connectivity index (χ0v) is 33.7. The van der Waals surface area contributed by atoms with Gasteiger partial charge in [-0.15, -0.1) is 22.7 Å². The van der Waals surface area contributed by atoms with Crippen LogP contribution in [-0.4, -0.2) is 86.7 Å². The van der Waals surface area contributed by atoms with Crippen molar-refractivity contribution < 1.29 is 62.1 Å². The Hall–Kier alpha value is -6.27. The lowest BCUT2D eigenvalue weighted by Crippen LogP contribution is -2.28. The Morgan fingerprint density at radius 1 is 0.707 bits per heavy atom. The van der Waals surface area contributed by atoms with Gasteiger partial charge >= 0.3 is 18.1 Å². The van der Waals surface area contributed by atoms with Crippen LogP contribution in [0, 0.1) is 10.1 Å². The molecule has 16 nitrogen and oxygen atoms in total. The number of amides is 1. The Morgan fingerprint density at radius 2 is 1.28 bits per heavy atom. The number of carbonyl (C=O) groups excluding carboxylic acids is 5. The average Bonchev–Trinajstić information content (AvgIpc) is 3.82. The number of ether oxygens (including phenoxy) is 7. The van der Waals surface area contributed by atoms with E-state index in [-0.39, 0.29) is 92.8 Å². The van der Waals surface area contributed by atoms with Crippen LogP contribution in [0.5, 0.6) is 28.7 Å². The first kappa shape index (κ1) is 42.9. The van der Waals surface area contributed by atoms with Crippen LogP contribution in [0.25, 0.3) is 20.2 Å². The van der Waals surface area contributed by atoms with Gasteiger partial charge < -0.3 is 38.1 Å². The second-order valence-electron chi connectivity index (χ2n) is 12.4. The number of non-ortho nitro benzene ring substituents is 1. The fraction of sp³-hybridized carbons (Fsp3) is 0.325. The van der Waals surface area contributed by atoms with Crippen molar-refractivity contribution in [1.82, 2.24) is 4.90 Å². The van der Waals surface area contributed by atoms with Gasteiger partial charge in [-0.05, 0) is 61.0 Å². The van der Waals surface area contributed by atoms with Crippen LogP contribution in [0.4, 0.5) is 10.5 Å². The van der Waals surface area contributed by atoms with Gasteiger partial charge in [0.2, 0.25) is 0 Å². The summed E-state index contributed by atoms with van der Waals surface area (Å²) in [5.41, 5.74) is -0.184. The minimum atomic E-state index is -1.13. The van der Waals surface area contributed by atoms with Gasteiger partial charge in [-0.1, -0.05) is 0 Å². The molecule has 0 saturated heterocycles. The van der Waals surface area contributed by atoms with Crippen molar-refractivity contribution in [2.75, 3.05) is 47.1 Å². The predicted octanol–water partition coefficient (Wildman–Crippen LogP) is 8.01. The van der Waals surface area contributed by atoms with E-state index in [1.165, 1.54) is 53.7 Å². The maximum absolute atomic E-state index is 13.1. The minimum absolute atomic E-state index is 0.00540. The number of Topliss-reactive ketones (excluding diaryl/α,β-unsaturated/α-hetero) is 1. The number of ketones is 1. The number of nitro groups is 1. The normalized spacial score (nSPS) is 10.8. The maximum atomic E-state index is 13.1. The second-order valence-corrected chi connectivity index (χ2v) is 14.5. The third-order valence-electron chi connectivity index (χ3n) is 8.28. The summed E-state index contributed by atoms with van der Waals surface area (Å²) >= 11 is 2.44. The van der Waals surface area contributed by atoms with E-state index in [2.05, 4.69) is 0 Å². The fourth-order valence-electron chi connectivity index (χ4n) is 5.42. The van der Waals surface area contributed by atoms with E-state index in [1.54, 1.807) is 51.2 Å². The summed E-state index contributed by atoms with van der Waals surface area (Å²) in [6.45, 7) is 4.40. The van der Waals surface area contributed by atoms with Crippen molar-refractivity contribution >= 4 is 78.3 Å². The van der Waals surface area contributed by atoms with Crippen LogP contribution < -0.4 is 23.7 Å². The number of methoxy groups -OCH3 is 1. The highest BCUT2D eigenvalue weighted by Gasteiger charge is 2.21. The molecule has 0 spiro atoms. The number of nitro benzene ring substituents is 1. The highest BCUT2D eigenvalue weighted by Crippen LogP contribution is 2.39. The maximum Gasteiger partial charge on any atom is 0.519 e. The summed E-state index contributed by atoms with van der Waals surface area (Å²) in [6.07, 6.45) is -0.782. The molecule has 306 valence electrons. The lowest BCUT2D eigenvalue weighted by atomic mass is 10.1. The molecule has 0 fully saturated rings. The fourth-order valence-corrected chi connectivity index (χ4v) is 7.53. The third kappa shape index (κ3) is 11.4. The van der Waals surface area contributed by atoms with Crippen molar-refractivity contribution in [3.05, 3.63) is 80.5 Å². The number of hydrogen-bond acceptors (Lipinski definition) is 16. The van der Waals surface area contributed by atoms with Gasteiger partial charge in [-0.3, -0.25) is 29.3 Å². The van der Waals surface area contributed by atoms with Gasteiger partial charge in [0.25, 0.3) is 11.6 Å². The topological polar surface area (TPSA) is 196 Å². The van der Waals surface area contributed by atoms with E-state index < -0.39 is 17.0 Å². The van der Waals surface area contributed by atoms with Crippen LogP contribution in [0.3, 0.4) is 0 Å². The first-order valence-electron chi connectivity index (χ1n) is 18.1. The van der Waals surface area contributed by atoms with E-state index >= 15 is 0 Å². The Kier molecular flexibility index (Phi) is 15.0. The van der Waals surface area contributed by atoms with Gasteiger partial charge in [0.05, 0.1) is 61.1 Å². The van der Waals surface area contributed by atoms with Gasteiger partial charge in [0.15, 0.2) is 28.8 Å². The molecule has 2 heterocycles. The molecule has 0 bridgehead atoms. The van der Waals surface area contributed by atoms with Crippen molar-refractivity contribution in [2.45, 2.75) is 39.5 Å². The van der Waals surface area contributed by atoms with E-state index in [4.69, 9.17) is 33.2 Å². The van der Waals surface area contributed by atoms with Gasteiger partial charge in [0.1, 0.15) is 5.75 Å². The van der Waals surface area contributed by atoms with E-state index in [1.807, 2.05) is 0 Å². The molecule has 5 aromatic rings. The van der Waals surface area contributed by atoms with Gasteiger partial charge in [-0.2, -0.15) is 0 Å². The number of thiophene rings is 2. The Morgan fingerprint density at radius 3 is 1.88 bits per heavy atom. The molecule has 18 heteroatoms. The Labute approximate surface area is 340 Å². The molecule has 0 aliphatic rings. The molecule has 0 radical (unpaired) electrons. The number of nitrogens with zero attached hydrogens (tertiary/aromatic N) is 2. The summed E-state index contributed by atoms with van der Waals surface area (Å²) < 4.78 is 39.7. The monoisotopic (exact) mass is 836 g/mol. The quantitative estimate of drug-likeness (QED) is 0.0182. The molecule has 0 saturated carbocycles. The summed E-state index contributed by atoms with van der Waals surface area (Å²) in [5, 5.41) is 12.4. The largest absolute Gasteiger partial charge is 0.519 e. The molecular formula is C40H40N2O14S2. The number of rotatable bonds is 20. The van der Waals surface area contributed by atoms with Crippen molar-refractivity contribution in [3.8, 4) is 28.7 Å². The van der Waals surface area contributed by atoms with Crippen LogP contribution in [0.2, 0.25) is 0 Å². The molecular weight excluding hydrogens is 797 g/mol. The molecule has 2 aromatic heterocycles. The van der Waals surface area contributed by atoms with Crippen LogP contribution in [0.15, 0.2) is 60.7 Å². The average molecular weight is 837 g/mol. The molecule has 1 amide bonds. The number of hydrogen-bond donors (Lipinski definition) is 0. The standard InChI is InChI=1S/C40H40N2O14S2/c1-5-51-37(44)13-12-28(43)35-20-24-19-31(32(23-34(24)57-35)56-40(47)55-27-10-8-26(9-11-27)42(48)49)54-17-7-16-53-30-18-25-21-36(58-33(25)22-29(30)50-4)39(46)41(3)15-14-38(45)52-6-2/h8-11,18-23H,5-7,12-17H2,1-4H3. The zero-order chi connectivity index (χ0) is 41.8. The third-order valence-corrected chi connectivity index (χ3v) is 10.5. The summed E-state index contributed by atoms with van der Waals surface area (Å²) in [6, 6.07) is 15.0. The molecule has 0 aliphatic heterocycles. The Bertz CT molecular complexity index is 2300. The van der Waals surface area contributed by atoms with Crippen LogP contribution in [-0.2, 0) is 19.1 Å². The first-order chi connectivity index (χ1) is 27.9. The summed E-state index contributed by atoms with van der Waals surface area (Å²) in [5.74, 6) is -0.259. The molecule has 0 N–H and O–H groups in total. The first-order valence-corrected chi connectivity index (χ1v) is 19.7. The minimum Gasteiger partial charge on any atom is -0.493 e. The van der Waals surface area contributed by atoms with Crippen molar-refractivity contribution in [2.24, 2.45) is 0 Å².